The Bertz CT molecular complexity index is 1020. The van der Waals surface area contributed by atoms with Crippen molar-refractivity contribution in [2.45, 2.75) is 46.7 Å². The average Bonchev–Trinajstić information content (AvgIpc) is 2.83. The number of nitrogens with one attached hydrogen (secondary N) is 1. The quantitative estimate of drug-likeness (QED) is 0.716. The van der Waals surface area contributed by atoms with Crippen molar-refractivity contribution in [1.82, 2.24) is 15.1 Å². The second-order valence-electron chi connectivity index (χ2n) is 6.84. The Balaban J connectivity index is 1.73. The highest BCUT2D eigenvalue weighted by Gasteiger charge is 2.14. The fraction of sp³-hybridized carbons (Fsp3) is 0.350. The van der Waals surface area contributed by atoms with E-state index in [1.54, 1.807) is 0 Å². The summed E-state index contributed by atoms with van der Waals surface area (Å²) in [6, 6.07) is 8.96. The Labute approximate surface area is 151 Å². The Morgan fingerprint density at radius 1 is 1.23 bits per heavy atom. The minimum atomic E-state index is -0.443. The van der Waals surface area contributed by atoms with Crippen LogP contribution in [0.3, 0.4) is 0 Å². The van der Waals surface area contributed by atoms with Crippen molar-refractivity contribution in [3.05, 3.63) is 63.3 Å². The molecular formula is C20H23N3O3. The van der Waals surface area contributed by atoms with Gasteiger partial charge in [-0.05, 0) is 51.0 Å². The van der Waals surface area contributed by atoms with Crippen molar-refractivity contribution in [3.63, 3.8) is 0 Å². The van der Waals surface area contributed by atoms with Gasteiger partial charge in [0.2, 0.25) is 5.91 Å². The summed E-state index contributed by atoms with van der Waals surface area (Å²) in [5.74, 6) is -0.133. The van der Waals surface area contributed by atoms with Crippen molar-refractivity contribution in [3.8, 4) is 0 Å². The topological polar surface area (TPSA) is 77.1 Å². The Kier molecular flexibility index (Phi) is 4.93. The maximum absolute atomic E-state index is 12.5. The molecule has 0 fully saturated rings. The summed E-state index contributed by atoms with van der Waals surface area (Å²) in [6.07, 6.45) is 0.132. The first-order valence-corrected chi connectivity index (χ1v) is 8.65. The second-order valence-corrected chi connectivity index (χ2v) is 6.84. The van der Waals surface area contributed by atoms with Crippen molar-refractivity contribution in [2.75, 3.05) is 0 Å². The molecule has 3 aromatic rings. The molecule has 1 unspecified atom stereocenters. The standard InChI is InChI=1S/C20H23N3O3/c1-12-5-6-17-16(10-20(25)26-18(17)7-12)9-19(24)21-14(3)11-23-15(4)8-13(2)22-23/h5-8,10,14H,9,11H2,1-4H3,(H,21,24). The van der Waals surface area contributed by atoms with E-state index in [-0.39, 0.29) is 18.4 Å². The zero-order valence-corrected chi connectivity index (χ0v) is 15.5. The fourth-order valence-electron chi connectivity index (χ4n) is 3.15. The van der Waals surface area contributed by atoms with Crippen LogP contribution >= 0.6 is 0 Å². The van der Waals surface area contributed by atoms with Gasteiger partial charge in [0.15, 0.2) is 0 Å². The van der Waals surface area contributed by atoms with E-state index in [9.17, 15) is 9.59 Å². The highest BCUT2D eigenvalue weighted by Crippen LogP contribution is 2.19. The van der Waals surface area contributed by atoms with Crippen LogP contribution in [0.15, 0.2) is 39.5 Å². The summed E-state index contributed by atoms with van der Waals surface area (Å²) >= 11 is 0. The predicted molar refractivity (Wildman–Crippen MR) is 100 cm³/mol. The summed E-state index contributed by atoms with van der Waals surface area (Å²) in [5.41, 5.74) is 3.76. The normalized spacial score (nSPS) is 12.3. The fourth-order valence-corrected chi connectivity index (χ4v) is 3.15. The lowest BCUT2D eigenvalue weighted by Crippen LogP contribution is -2.37. The third-order valence-corrected chi connectivity index (χ3v) is 4.29. The number of hydrogen-bond acceptors (Lipinski definition) is 4. The minimum absolute atomic E-state index is 0.0749. The highest BCUT2D eigenvalue weighted by atomic mass is 16.4. The minimum Gasteiger partial charge on any atom is -0.423 e. The molecule has 26 heavy (non-hydrogen) atoms. The first kappa shape index (κ1) is 17.9. The molecule has 0 spiro atoms. The van der Waals surface area contributed by atoms with E-state index in [0.717, 1.165) is 22.3 Å². The van der Waals surface area contributed by atoms with Crippen LogP contribution in [0.5, 0.6) is 0 Å². The molecule has 3 rings (SSSR count). The van der Waals surface area contributed by atoms with E-state index < -0.39 is 5.63 Å². The largest absolute Gasteiger partial charge is 0.423 e. The zero-order valence-electron chi connectivity index (χ0n) is 15.5. The van der Waals surface area contributed by atoms with Crippen LogP contribution in [0, 0.1) is 20.8 Å². The van der Waals surface area contributed by atoms with Gasteiger partial charge in [-0.3, -0.25) is 9.48 Å². The molecular weight excluding hydrogens is 330 g/mol. The third kappa shape index (κ3) is 4.02. The smallest absolute Gasteiger partial charge is 0.336 e. The highest BCUT2D eigenvalue weighted by molar-refractivity contribution is 5.87. The molecule has 0 bridgehead atoms. The predicted octanol–water partition coefficient (Wildman–Crippen LogP) is 2.66. The molecule has 6 nitrogen and oxygen atoms in total. The number of carbonyl (C=O) groups excluding carboxylic acids is 1. The van der Waals surface area contributed by atoms with E-state index >= 15 is 0 Å². The molecule has 1 amide bonds. The van der Waals surface area contributed by atoms with Crippen LogP contribution in [0.1, 0.15) is 29.4 Å². The van der Waals surface area contributed by atoms with E-state index in [1.807, 2.05) is 56.6 Å². The molecule has 0 aliphatic carbocycles. The number of aryl methyl sites for hydroxylation is 3. The van der Waals surface area contributed by atoms with Crippen LogP contribution in [0.4, 0.5) is 0 Å². The summed E-state index contributed by atoms with van der Waals surface area (Å²) in [6.45, 7) is 8.41. The molecule has 136 valence electrons. The van der Waals surface area contributed by atoms with Gasteiger partial charge >= 0.3 is 5.63 Å². The molecule has 1 N–H and O–H groups in total. The van der Waals surface area contributed by atoms with Gasteiger partial charge < -0.3 is 9.73 Å². The number of hydrogen-bond donors (Lipinski definition) is 1. The third-order valence-electron chi connectivity index (χ3n) is 4.29. The summed E-state index contributed by atoms with van der Waals surface area (Å²) in [7, 11) is 0. The monoisotopic (exact) mass is 353 g/mol. The Hall–Kier alpha value is -2.89. The van der Waals surface area contributed by atoms with Gasteiger partial charge in [0.1, 0.15) is 5.58 Å². The van der Waals surface area contributed by atoms with Gasteiger partial charge in [0, 0.05) is 23.2 Å². The van der Waals surface area contributed by atoms with E-state index in [0.29, 0.717) is 17.7 Å². The first-order chi connectivity index (χ1) is 12.3. The number of aromatic nitrogens is 2. The van der Waals surface area contributed by atoms with Crippen LogP contribution < -0.4 is 10.9 Å². The van der Waals surface area contributed by atoms with E-state index in [2.05, 4.69) is 10.4 Å². The van der Waals surface area contributed by atoms with Gasteiger partial charge in [0.05, 0.1) is 18.7 Å². The van der Waals surface area contributed by atoms with Crippen LogP contribution in [-0.2, 0) is 17.8 Å². The molecule has 0 aliphatic heterocycles. The summed E-state index contributed by atoms with van der Waals surface area (Å²) in [5, 5.41) is 8.18. The Morgan fingerprint density at radius 3 is 2.69 bits per heavy atom. The molecule has 0 aliphatic rings. The molecule has 2 aromatic heterocycles. The van der Waals surface area contributed by atoms with E-state index in [1.165, 1.54) is 6.07 Å². The first-order valence-electron chi connectivity index (χ1n) is 8.65. The maximum Gasteiger partial charge on any atom is 0.336 e. The zero-order chi connectivity index (χ0) is 18.8. The maximum atomic E-state index is 12.5. The number of benzene rings is 1. The van der Waals surface area contributed by atoms with Gasteiger partial charge in [-0.15, -0.1) is 0 Å². The number of nitrogens with zero attached hydrogens (tertiary/aromatic N) is 2. The SMILES string of the molecule is Cc1ccc2c(CC(=O)NC(C)Cn3nc(C)cc3C)cc(=O)oc2c1. The lowest BCUT2D eigenvalue weighted by Gasteiger charge is -2.15. The summed E-state index contributed by atoms with van der Waals surface area (Å²) < 4.78 is 7.13. The van der Waals surface area contributed by atoms with Crippen LogP contribution in [0.2, 0.25) is 0 Å². The number of amides is 1. The molecule has 2 heterocycles. The number of rotatable bonds is 5. The molecule has 0 radical (unpaired) electrons. The second kappa shape index (κ2) is 7.15. The molecule has 6 heteroatoms. The van der Waals surface area contributed by atoms with Crippen molar-refractivity contribution in [2.24, 2.45) is 0 Å². The molecule has 1 aromatic carbocycles. The molecule has 0 saturated carbocycles. The number of carbonyl (C=O) groups is 1. The average molecular weight is 353 g/mol. The van der Waals surface area contributed by atoms with Gasteiger partial charge in [-0.1, -0.05) is 12.1 Å². The lowest BCUT2D eigenvalue weighted by molar-refractivity contribution is -0.121. The number of fused-ring (bicyclic) bond motifs is 1. The van der Waals surface area contributed by atoms with Gasteiger partial charge in [-0.25, -0.2) is 4.79 Å². The lowest BCUT2D eigenvalue weighted by atomic mass is 10.1. The van der Waals surface area contributed by atoms with Gasteiger partial charge in [-0.2, -0.15) is 5.10 Å². The van der Waals surface area contributed by atoms with Crippen LogP contribution in [-0.4, -0.2) is 21.7 Å². The Morgan fingerprint density at radius 2 is 2.00 bits per heavy atom. The molecule has 1 atom stereocenters. The van der Waals surface area contributed by atoms with Gasteiger partial charge in [0.25, 0.3) is 0 Å². The van der Waals surface area contributed by atoms with Crippen LogP contribution in [0.25, 0.3) is 11.0 Å². The van der Waals surface area contributed by atoms with Crippen molar-refractivity contribution < 1.29 is 9.21 Å². The van der Waals surface area contributed by atoms with Crippen molar-refractivity contribution >= 4 is 16.9 Å². The summed E-state index contributed by atoms with van der Waals surface area (Å²) in [4.78, 5) is 24.2. The van der Waals surface area contributed by atoms with E-state index in [4.69, 9.17) is 4.42 Å². The van der Waals surface area contributed by atoms with Crippen molar-refractivity contribution in [1.29, 1.82) is 0 Å². The molecule has 0 saturated heterocycles.